The third-order valence-electron chi connectivity index (χ3n) is 22.0. The van der Waals surface area contributed by atoms with Crippen molar-refractivity contribution in [2.45, 2.75) is 193 Å². The molecule has 13 rings (SSSR count). The van der Waals surface area contributed by atoms with Gasteiger partial charge in [0, 0.05) is 60.5 Å². The van der Waals surface area contributed by atoms with E-state index in [1.807, 2.05) is 72.8 Å². The number of rotatable bonds is 17. The Morgan fingerprint density at radius 1 is 0.441 bits per heavy atom. The van der Waals surface area contributed by atoms with Crippen LogP contribution >= 0.6 is 0 Å². The Morgan fingerprint density at radius 2 is 0.757 bits per heavy atom. The number of amides is 4. The summed E-state index contributed by atoms with van der Waals surface area (Å²) in [5.41, 5.74) is 6.26. The van der Waals surface area contributed by atoms with Gasteiger partial charge in [-0.3, -0.25) is 37.9 Å². The van der Waals surface area contributed by atoms with E-state index in [0.29, 0.717) is 98.5 Å². The predicted octanol–water partition coefficient (Wildman–Crippen LogP) is 18.2. The first-order valence-electron chi connectivity index (χ1n) is 38.3. The molecule has 111 heavy (non-hydrogen) atoms. The molecular weight excluding hydrogens is 1460 g/mol. The number of hydrogen-bond donors (Lipinski definition) is 7. The van der Waals surface area contributed by atoms with Gasteiger partial charge in [-0.25, -0.2) is 13.2 Å². The van der Waals surface area contributed by atoms with Crippen molar-refractivity contribution in [2.24, 2.45) is 17.8 Å². The standard InChI is InChI=1S/C33H35F4N3O2.C27H33FN2O3.C25H29FN2O3.H2O4S/c1-20-12-15-25(19-27(20)33(35,36)37)39-31(41)26-10-6-18-40(32(42)29-21(2)7-5-11-28(29)34)30(26)22-13-16-24(17-14-22)38-23-8-3-4-9-23;1-3-33-27(32)22-11-7-17-30(26(31)24-18(2)8-6-12-23(24)28)25(22)19-13-15-21(16-14-19)29-20-9-4-5-10-20;1-16-6-4-10-21(26)22(16)24(29)28-15-5-9-20(25(30)31)23(28)17-11-13-19(14-12-17)27-18-7-2-3-8-18;1-5(2,3)4/h5,7,11-17,19,23,26,30,38H,3-4,6,8-10,18H2,1-2H3,(H,39,41);6,8,12-16,20,22,25,29H,3-5,7,9-11,17H2,1-2H3;4,6,10-14,18,20,23,27H,2-3,5,7-9,15H2,1H3,(H,30,31);(H2,1,2,3,4)/t26-,30-;22-,25-;20-,23-;/m000./s1. The molecule has 0 unspecified atom stereocenters. The molecule has 0 aromatic heterocycles. The number of hydrogen-bond acceptors (Lipinski definition) is 12. The van der Waals surface area contributed by atoms with E-state index in [1.165, 1.54) is 99.6 Å². The van der Waals surface area contributed by atoms with Gasteiger partial charge in [-0.2, -0.15) is 21.6 Å². The van der Waals surface area contributed by atoms with Crippen molar-refractivity contribution >= 4 is 68.7 Å². The zero-order valence-corrected chi connectivity index (χ0v) is 64.0. The van der Waals surface area contributed by atoms with Crippen LogP contribution in [0.2, 0.25) is 0 Å². The largest absolute Gasteiger partial charge is 0.481 e. The van der Waals surface area contributed by atoms with Crippen LogP contribution in [-0.2, 0) is 35.7 Å². The van der Waals surface area contributed by atoms with Crippen LogP contribution < -0.4 is 21.3 Å². The van der Waals surface area contributed by atoms with Gasteiger partial charge in [0.1, 0.15) is 17.5 Å². The quantitative estimate of drug-likeness (QED) is 0.0254. The van der Waals surface area contributed by atoms with Gasteiger partial charge in [0.15, 0.2) is 0 Å². The fourth-order valence-electron chi connectivity index (χ4n) is 16.6. The minimum atomic E-state index is -4.67. The zero-order valence-electron chi connectivity index (χ0n) is 63.1. The van der Waals surface area contributed by atoms with E-state index < -0.39 is 99.2 Å². The maximum atomic E-state index is 14.9. The first-order chi connectivity index (χ1) is 53.0. The van der Waals surface area contributed by atoms with Crippen LogP contribution in [0.1, 0.15) is 216 Å². The molecule has 3 aliphatic heterocycles. The van der Waals surface area contributed by atoms with Crippen molar-refractivity contribution in [2.75, 3.05) is 47.5 Å². The lowest BCUT2D eigenvalue weighted by Crippen LogP contribution is -2.46. The average molecular weight is 1560 g/mol. The molecule has 0 radical (unpaired) electrons. The van der Waals surface area contributed by atoms with Gasteiger partial charge >= 0.3 is 28.5 Å². The van der Waals surface area contributed by atoms with E-state index in [9.17, 15) is 60.2 Å². The third-order valence-corrected chi connectivity index (χ3v) is 22.0. The highest BCUT2D eigenvalue weighted by atomic mass is 32.3. The molecule has 6 fully saturated rings. The molecule has 4 amide bonds. The number of piperidine rings is 3. The molecule has 6 aliphatic rings. The van der Waals surface area contributed by atoms with Gasteiger partial charge in [0.05, 0.1) is 64.7 Å². The summed E-state index contributed by atoms with van der Waals surface area (Å²) < 4.78 is 122. The van der Waals surface area contributed by atoms with Crippen LogP contribution in [0.15, 0.2) is 146 Å². The number of esters is 1. The van der Waals surface area contributed by atoms with Crippen LogP contribution in [-0.4, -0.2) is 117 Å². The lowest BCUT2D eigenvalue weighted by atomic mass is 9.83. The van der Waals surface area contributed by atoms with Crippen LogP contribution in [0.3, 0.4) is 0 Å². The van der Waals surface area contributed by atoms with Crippen molar-refractivity contribution in [1.29, 1.82) is 0 Å². The molecule has 26 heteroatoms. The van der Waals surface area contributed by atoms with Crippen molar-refractivity contribution in [3.63, 3.8) is 0 Å². The van der Waals surface area contributed by atoms with Crippen molar-refractivity contribution < 1.29 is 82.5 Å². The van der Waals surface area contributed by atoms with E-state index >= 15 is 0 Å². The molecule has 19 nitrogen and oxygen atoms in total. The Bertz CT molecular complexity index is 4450. The van der Waals surface area contributed by atoms with Gasteiger partial charge in [0.25, 0.3) is 17.7 Å². The summed E-state index contributed by atoms with van der Waals surface area (Å²) in [5.74, 6) is -6.78. The fraction of sp³-hybridized carbons (Fsp3) is 0.435. The number of halogens is 6. The van der Waals surface area contributed by atoms with Crippen LogP contribution in [0.4, 0.5) is 49.1 Å². The molecule has 7 aromatic rings. The molecular formula is C85H99F6N7O12S. The van der Waals surface area contributed by atoms with E-state index in [-0.39, 0.29) is 46.4 Å². The number of carboxylic acid groups (broad SMARTS) is 1. The van der Waals surface area contributed by atoms with Crippen molar-refractivity contribution in [3.8, 4) is 0 Å². The van der Waals surface area contributed by atoms with E-state index in [2.05, 4.69) is 21.3 Å². The van der Waals surface area contributed by atoms with Crippen molar-refractivity contribution in [1.82, 2.24) is 14.7 Å². The highest BCUT2D eigenvalue weighted by Crippen LogP contribution is 2.44. The fourth-order valence-corrected chi connectivity index (χ4v) is 16.6. The summed E-state index contributed by atoms with van der Waals surface area (Å²) in [7, 11) is -4.67. The minimum absolute atomic E-state index is 0.0260. The normalized spacial score (nSPS) is 20.3. The van der Waals surface area contributed by atoms with Crippen LogP contribution in [0.25, 0.3) is 0 Å². The number of aryl methyl sites for hydroxylation is 4. The SMILES string of the molecule is CCOC(=O)[C@H]1CCCN(C(=O)c2c(C)cccc2F)[C@H]1c1ccc(NC2CCCC2)cc1.Cc1ccc(NC(=O)[C@H]2CCCN(C(=O)c3c(C)cccc3F)[C@H]2c2ccc(NC3CCCC3)cc2)cc1C(F)(F)F.Cc1cccc(F)c1C(=O)N1CCC[C@H](C(=O)O)[C@@H]1c1ccc(NC2CCCC2)cc1.O=S(=O)(O)O. The Labute approximate surface area is 644 Å². The second kappa shape index (κ2) is 38.0. The predicted molar refractivity (Wildman–Crippen MR) is 413 cm³/mol. The molecule has 594 valence electrons. The summed E-state index contributed by atoms with van der Waals surface area (Å²) in [6, 6.07) is 40.2. The highest BCUT2D eigenvalue weighted by Gasteiger charge is 2.45. The number of ether oxygens (including phenoxy) is 1. The van der Waals surface area contributed by atoms with Gasteiger partial charge in [0.2, 0.25) is 5.91 Å². The smallest absolute Gasteiger partial charge is 0.416 e. The Balaban J connectivity index is 0.000000174. The summed E-state index contributed by atoms with van der Waals surface area (Å²) in [6.45, 7) is 9.72. The number of aliphatic carboxylic acids is 1. The second-order valence-corrected chi connectivity index (χ2v) is 30.6. The van der Waals surface area contributed by atoms with Gasteiger partial charge in [-0.15, -0.1) is 0 Å². The average Bonchev–Trinajstić information content (AvgIpc) is 1.09. The second-order valence-electron chi connectivity index (χ2n) is 29.7. The number of carboxylic acids is 1. The number of alkyl halides is 3. The molecule has 6 atom stereocenters. The van der Waals surface area contributed by atoms with Crippen LogP contribution in [0.5, 0.6) is 0 Å². The molecule has 3 aliphatic carbocycles. The van der Waals surface area contributed by atoms with Crippen LogP contribution in [0, 0.1) is 62.9 Å². The van der Waals surface area contributed by atoms with Gasteiger partial charge < -0.3 is 45.8 Å². The third kappa shape index (κ3) is 21.7. The maximum absolute atomic E-state index is 14.9. The number of anilines is 4. The summed E-state index contributed by atoms with van der Waals surface area (Å²) in [6.07, 6.45) is 13.0. The first kappa shape index (κ1) is 83.7. The number of benzene rings is 7. The van der Waals surface area contributed by atoms with E-state index in [1.54, 1.807) is 67.8 Å². The summed E-state index contributed by atoms with van der Waals surface area (Å²) >= 11 is 0. The molecule has 3 saturated heterocycles. The molecule has 0 spiro atoms. The van der Waals surface area contributed by atoms with Crippen molar-refractivity contribution in [3.05, 3.63) is 224 Å². The topological polar surface area (TPSA) is 264 Å². The molecule has 3 heterocycles. The number of nitrogens with zero attached hydrogens (tertiary/aromatic N) is 3. The molecule has 3 saturated carbocycles. The number of nitrogens with one attached hydrogen (secondary N) is 4. The number of carbonyl (C=O) groups is 6. The summed E-state index contributed by atoms with van der Waals surface area (Å²) in [5, 5.41) is 23.2. The van der Waals surface area contributed by atoms with Gasteiger partial charge in [-0.05, 0) is 217 Å². The Kier molecular flexibility index (Phi) is 28.6. The first-order valence-corrected chi connectivity index (χ1v) is 39.7. The van der Waals surface area contributed by atoms with E-state index in [4.69, 9.17) is 22.3 Å². The van der Waals surface area contributed by atoms with E-state index in [0.717, 1.165) is 59.9 Å². The zero-order chi connectivity index (χ0) is 79.8. The number of likely N-dealkylation sites (tertiary alicyclic amines) is 3. The number of carbonyl (C=O) groups excluding carboxylic acids is 5. The minimum Gasteiger partial charge on any atom is -0.481 e. The lowest BCUT2D eigenvalue weighted by molar-refractivity contribution is -0.152. The molecule has 7 aromatic carbocycles. The molecule has 7 N–H and O–H groups in total. The maximum Gasteiger partial charge on any atom is 0.416 e. The summed E-state index contributed by atoms with van der Waals surface area (Å²) in [4.78, 5) is 84.2. The monoisotopic (exact) mass is 1560 g/mol. The van der Waals surface area contributed by atoms with Gasteiger partial charge in [-0.1, -0.05) is 117 Å². The Hall–Kier alpha value is -9.79. The molecule has 0 bridgehead atoms. The highest BCUT2D eigenvalue weighted by molar-refractivity contribution is 7.79. The Morgan fingerprint density at radius 3 is 1.08 bits per heavy atom. The lowest BCUT2D eigenvalue weighted by Gasteiger charge is -2.41.